The summed E-state index contributed by atoms with van der Waals surface area (Å²) >= 11 is 0. The smallest absolute Gasteiger partial charge is 0.229 e. The van der Waals surface area contributed by atoms with Crippen LogP contribution in [0.5, 0.6) is 0 Å². The van der Waals surface area contributed by atoms with Gasteiger partial charge in [-0.1, -0.05) is 19.0 Å². The predicted octanol–water partition coefficient (Wildman–Crippen LogP) is 2.54. The Morgan fingerprint density at radius 2 is 2.13 bits per heavy atom. The summed E-state index contributed by atoms with van der Waals surface area (Å²) < 4.78 is 11.5. The second-order valence-electron chi connectivity index (χ2n) is 7.30. The minimum Gasteiger partial charge on any atom is -0.375 e. The van der Waals surface area contributed by atoms with Crippen molar-refractivity contribution >= 4 is 5.91 Å². The normalized spacial score (nSPS) is 24.3. The molecule has 1 atom stereocenters. The van der Waals surface area contributed by atoms with Crippen LogP contribution >= 0.6 is 0 Å². The van der Waals surface area contributed by atoms with E-state index in [1.165, 1.54) is 0 Å². The van der Waals surface area contributed by atoms with Crippen molar-refractivity contribution in [2.75, 3.05) is 19.7 Å². The summed E-state index contributed by atoms with van der Waals surface area (Å²) in [5, 5.41) is 4.12. The van der Waals surface area contributed by atoms with Crippen LogP contribution in [0.15, 0.2) is 4.52 Å². The van der Waals surface area contributed by atoms with E-state index in [0.717, 1.165) is 63.5 Å². The van der Waals surface area contributed by atoms with E-state index in [4.69, 9.17) is 9.26 Å². The molecule has 1 amide bonds. The largest absolute Gasteiger partial charge is 0.375 e. The van der Waals surface area contributed by atoms with Crippen molar-refractivity contribution < 1.29 is 14.1 Å². The standard InChI is InChI=1S/C17H27N3O3/c1-12(2)16-18-15(19-23-16)10-14-4-9-22-17(11-14)5-7-20(8-6-17)13(3)21/h12,14H,4-11H2,1-3H3. The number of nitrogens with zero attached hydrogens (tertiary/aromatic N) is 3. The van der Waals surface area contributed by atoms with Gasteiger partial charge in [0.2, 0.25) is 11.8 Å². The minimum atomic E-state index is -0.0561. The maximum absolute atomic E-state index is 11.5. The first-order chi connectivity index (χ1) is 11.0. The van der Waals surface area contributed by atoms with Gasteiger partial charge in [-0.05, 0) is 31.6 Å². The highest BCUT2D eigenvalue weighted by Gasteiger charge is 2.41. The first kappa shape index (κ1) is 16.4. The van der Waals surface area contributed by atoms with E-state index in [9.17, 15) is 4.79 Å². The number of ether oxygens (including phenoxy) is 1. The summed E-state index contributed by atoms with van der Waals surface area (Å²) in [4.78, 5) is 17.9. The fourth-order valence-corrected chi connectivity index (χ4v) is 3.72. The van der Waals surface area contributed by atoms with Gasteiger partial charge in [0.05, 0.1) is 5.60 Å². The molecule has 6 heteroatoms. The van der Waals surface area contributed by atoms with Crippen LogP contribution in [0.2, 0.25) is 0 Å². The second kappa shape index (κ2) is 6.59. The molecule has 1 unspecified atom stereocenters. The van der Waals surface area contributed by atoms with Gasteiger partial charge in [0.15, 0.2) is 5.82 Å². The molecule has 0 aromatic carbocycles. The van der Waals surface area contributed by atoms with Gasteiger partial charge in [-0.15, -0.1) is 0 Å². The van der Waals surface area contributed by atoms with Gasteiger partial charge in [-0.3, -0.25) is 4.79 Å². The molecule has 128 valence electrons. The number of hydrogen-bond acceptors (Lipinski definition) is 5. The van der Waals surface area contributed by atoms with Crippen LogP contribution in [0.4, 0.5) is 0 Å². The Kier molecular flexibility index (Phi) is 4.71. The van der Waals surface area contributed by atoms with Gasteiger partial charge in [-0.2, -0.15) is 4.98 Å². The predicted molar refractivity (Wildman–Crippen MR) is 85.0 cm³/mol. The fraction of sp³-hybridized carbons (Fsp3) is 0.824. The average Bonchev–Trinajstić information content (AvgIpc) is 2.96. The molecule has 0 N–H and O–H groups in total. The van der Waals surface area contributed by atoms with E-state index in [-0.39, 0.29) is 17.4 Å². The average molecular weight is 321 g/mol. The van der Waals surface area contributed by atoms with Gasteiger partial charge >= 0.3 is 0 Å². The Morgan fingerprint density at radius 1 is 1.39 bits per heavy atom. The molecule has 1 spiro atoms. The Hall–Kier alpha value is -1.43. The summed E-state index contributed by atoms with van der Waals surface area (Å²) in [6, 6.07) is 0. The van der Waals surface area contributed by atoms with E-state index in [2.05, 4.69) is 24.0 Å². The van der Waals surface area contributed by atoms with Crippen LogP contribution in [0.3, 0.4) is 0 Å². The van der Waals surface area contributed by atoms with Crippen LogP contribution in [0.1, 0.15) is 64.1 Å². The van der Waals surface area contributed by atoms with Crippen LogP contribution < -0.4 is 0 Å². The van der Waals surface area contributed by atoms with Crippen LogP contribution in [0, 0.1) is 5.92 Å². The Bertz CT molecular complexity index is 547. The molecule has 0 saturated carbocycles. The third-order valence-electron chi connectivity index (χ3n) is 5.16. The number of aromatic nitrogens is 2. The fourth-order valence-electron chi connectivity index (χ4n) is 3.72. The number of carbonyl (C=O) groups is 1. The zero-order chi connectivity index (χ0) is 16.4. The molecular formula is C17H27N3O3. The van der Waals surface area contributed by atoms with Crippen LogP contribution in [0.25, 0.3) is 0 Å². The molecule has 0 bridgehead atoms. The molecule has 3 rings (SSSR count). The molecule has 2 fully saturated rings. The lowest BCUT2D eigenvalue weighted by Crippen LogP contribution is -2.50. The maximum Gasteiger partial charge on any atom is 0.229 e. The molecule has 2 saturated heterocycles. The Labute approximate surface area is 137 Å². The zero-order valence-electron chi connectivity index (χ0n) is 14.4. The number of piperidine rings is 1. The van der Waals surface area contributed by atoms with E-state index < -0.39 is 0 Å². The summed E-state index contributed by atoms with van der Waals surface area (Å²) in [6.07, 6.45) is 4.81. The van der Waals surface area contributed by atoms with Gasteiger partial charge in [0.1, 0.15) is 0 Å². The Morgan fingerprint density at radius 3 is 2.74 bits per heavy atom. The van der Waals surface area contributed by atoms with Crippen molar-refractivity contribution in [3.63, 3.8) is 0 Å². The summed E-state index contributed by atoms with van der Waals surface area (Å²) in [7, 11) is 0. The quantitative estimate of drug-likeness (QED) is 0.856. The summed E-state index contributed by atoms with van der Waals surface area (Å²) in [5.41, 5.74) is -0.0561. The van der Waals surface area contributed by atoms with E-state index in [0.29, 0.717) is 5.92 Å². The van der Waals surface area contributed by atoms with Gasteiger partial charge < -0.3 is 14.2 Å². The van der Waals surface area contributed by atoms with Crippen molar-refractivity contribution in [1.82, 2.24) is 15.0 Å². The molecule has 0 radical (unpaired) electrons. The molecule has 23 heavy (non-hydrogen) atoms. The molecule has 1 aromatic heterocycles. The maximum atomic E-state index is 11.5. The van der Waals surface area contributed by atoms with Gasteiger partial charge in [0, 0.05) is 39.0 Å². The van der Waals surface area contributed by atoms with Crippen molar-refractivity contribution in [3.8, 4) is 0 Å². The van der Waals surface area contributed by atoms with Crippen molar-refractivity contribution in [3.05, 3.63) is 11.7 Å². The summed E-state index contributed by atoms with van der Waals surface area (Å²) in [5.74, 6) is 2.51. The number of likely N-dealkylation sites (tertiary alicyclic amines) is 1. The van der Waals surface area contributed by atoms with Crippen LogP contribution in [-0.4, -0.2) is 46.2 Å². The topological polar surface area (TPSA) is 68.5 Å². The molecule has 6 nitrogen and oxygen atoms in total. The Balaban J connectivity index is 1.59. The lowest BCUT2D eigenvalue weighted by atomic mass is 9.78. The third-order valence-corrected chi connectivity index (χ3v) is 5.16. The molecule has 1 aromatic rings. The highest BCUT2D eigenvalue weighted by atomic mass is 16.5. The van der Waals surface area contributed by atoms with E-state index >= 15 is 0 Å². The first-order valence-electron chi connectivity index (χ1n) is 8.69. The van der Waals surface area contributed by atoms with Crippen LogP contribution in [-0.2, 0) is 16.0 Å². The second-order valence-corrected chi connectivity index (χ2v) is 7.30. The molecule has 2 aliphatic rings. The van der Waals surface area contributed by atoms with Gasteiger partial charge in [-0.25, -0.2) is 0 Å². The first-order valence-corrected chi connectivity index (χ1v) is 8.69. The minimum absolute atomic E-state index is 0.0561. The van der Waals surface area contributed by atoms with Gasteiger partial charge in [0.25, 0.3) is 0 Å². The van der Waals surface area contributed by atoms with E-state index in [1.54, 1.807) is 6.92 Å². The van der Waals surface area contributed by atoms with Crippen molar-refractivity contribution in [1.29, 1.82) is 0 Å². The summed E-state index contributed by atoms with van der Waals surface area (Å²) in [6.45, 7) is 8.17. The van der Waals surface area contributed by atoms with Crippen molar-refractivity contribution in [2.24, 2.45) is 5.92 Å². The third kappa shape index (κ3) is 3.74. The number of rotatable bonds is 3. The molecule has 3 heterocycles. The lowest BCUT2D eigenvalue weighted by molar-refractivity contribution is -0.145. The monoisotopic (exact) mass is 321 g/mol. The lowest BCUT2D eigenvalue weighted by Gasteiger charge is -2.46. The molecule has 0 aliphatic carbocycles. The molecular weight excluding hydrogens is 294 g/mol. The van der Waals surface area contributed by atoms with E-state index in [1.807, 2.05) is 4.90 Å². The highest BCUT2D eigenvalue weighted by Crippen LogP contribution is 2.38. The number of amides is 1. The SMILES string of the molecule is CC(=O)N1CCC2(CC1)CC(Cc1noc(C(C)C)n1)CCO2. The van der Waals surface area contributed by atoms with Crippen molar-refractivity contribution in [2.45, 2.75) is 64.4 Å². The molecule has 2 aliphatic heterocycles. The number of hydrogen-bond donors (Lipinski definition) is 0. The zero-order valence-corrected chi connectivity index (χ0v) is 14.4. The highest BCUT2D eigenvalue weighted by molar-refractivity contribution is 5.73. The number of carbonyl (C=O) groups excluding carboxylic acids is 1.